The molecular weight excluding hydrogens is 355 g/mol. The van der Waals surface area contributed by atoms with Gasteiger partial charge in [0, 0.05) is 52.7 Å². The molecule has 131 valence electrons. The third-order valence-electron chi connectivity index (χ3n) is 3.72. The van der Waals surface area contributed by atoms with Crippen LogP contribution in [0.2, 0.25) is 0 Å². The van der Waals surface area contributed by atoms with Crippen LogP contribution in [0, 0.1) is 0 Å². The molecule has 0 fully saturated rings. The first-order valence-corrected chi connectivity index (χ1v) is 7.77. The Morgan fingerprint density at radius 3 is 1.50 bits per heavy atom. The van der Waals surface area contributed by atoms with Crippen molar-refractivity contribution in [1.82, 2.24) is 10.6 Å². The Kier molecular flexibility index (Phi) is 8.24. The Morgan fingerprint density at radius 1 is 0.750 bits per heavy atom. The zero-order valence-corrected chi connectivity index (χ0v) is 14.8. The summed E-state index contributed by atoms with van der Waals surface area (Å²) in [5, 5.41) is 6.54. The second-order valence-corrected chi connectivity index (χ2v) is 5.45. The second-order valence-electron chi connectivity index (χ2n) is 5.45. The van der Waals surface area contributed by atoms with Gasteiger partial charge in [-0.2, -0.15) is 0 Å². The number of carbonyl (C=O) groups is 2. The van der Waals surface area contributed by atoms with Crippen LogP contribution in [0.15, 0.2) is 71.1 Å². The number of hydrogen-bond donors (Lipinski definition) is 2. The average Bonchev–Trinajstić information content (AvgIpc) is 2.55. The Morgan fingerprint density at radius 2 is 1.12 bits per heavy atom. The molecule has 0 amide bonds. The maximum atomic E-state index is 11.7. The van der Waals surface area contributed by atoms with E-state index >= 15 is 0 Å². The minimum Gasteiger partial charge on any atom is -0.388 e. The SMILES string of the molecule is C/C(NCCCN/C(C)=C1/C=CC=CC1=O)=C1\C=CC=CC1=O.[67Cu]. The van der Waals surface area contributed by atoms with Crippen LogP contribution in [0.1, 0.15) is 20.3 Å². The van der Waals surface area contributed by atoms with Crippen LogP contribution in [0.5, 0.6) is 0 Å². The number of hydrogen-bond acceptors (Lipinski definition) is 4. The molecule has 0 bridgehead atoms. The summed E-state index contributed by atoms with van der Waals surface area (Å²) in [7, 11) is 0. The van der Waals surface area contributed by atoms with Crippen LogP contribution in [0.4, 0.5) is 0 Å². The molecule has 0 aromatic rings. The molecular formula is C19H22CuN2O2. The minimum atomic E-state index is 0. The van der Waals surface area contributed by atoms with Crippen molar-refractivity contribution in [3.8, 4) is 0 Å². The molecule has 24 heavy (non-hydrogen) atoms. The predicted molar refractivity (Wildman–Crippen MR) is 92.6 cm³/mol. The summed E-state index contributed by atoms with van der Waals surface area (Å²) in [5.41, 5.74) is 3.20. The van der Waals surface area contributed by atoms with Crippen molar-refractivity contribution in [3.05, 3.63) is 71.1 Å². The van der Waals surface area contributed by atoms with Crippen LogP contribution >= 0.6 is 0 Å². The molecule has 2 N–H and O–H groups in total. The van der Waals surface area contributed by atoms with Gasteiger partial charge >= 0.3 is 0 Å². The monoisotopic (exact) mass is 377 g/mol. The Labute approximate surface area is 153 Å². The van der Waals surface area contributed by atoms with Gasteiger partial charge in [0.1, 0.15) is 0 Å². The Bertz CT molecular complexity index is 621. The predicted octanol–water partition coefficient (Wildman–Crippen LogP) is 2.49. The largest absolute Gasteiger partial charge is 0.388 e. The number of carbonyl (C=O) groups excluding carboxylic acids is 2. The van der Waals surface area contributed by atoms with Crippen LogP contribution < -0.4 is 10.6 Å². The second kappa shape index (κ2) is 9.91. The van der Waals surface area contributed by atoms with Crippen molar-refractivity contribution in [1.29, 1.82) is 0 Å². The fourth-order valence-electron chi connectivity index (χ4n) is 2.38. The van der Waals surface area contributed by atoms with Crippen molar-refractivity contribution in [3.63, 3.8) is 0 Å². The van der Waals surface area contributed by atoms with Crippen LogP contribution in [0.25, 0.3) is 0 Å². The number of rotatable bonds is 6. The van der Waals surface area contributed by atoms with E-state index in [1.807, 2.05) is 38.2 Å². The summed E-state index contributed by atoms with van der Waals surface area (Å²) < 4.78 is 0. The molecule has 0 atom stereocenters. The Balaban J connectivity index is 0.00000288. The molecule has 0 saturated carbocycles. The first-order valence-electron chi connectivity index (χ1n) is 7.77. The third-order valence-corrected chi connectivity index (χ3v) is 3.72. The summed E-state index contributed by atoms with van der Waals surface area (Å²) in [5.74, 6) is 0.0683. The van der Waals surface area contributed by atoms with E-state index in [-0.39, 0.29) is 28.6 Å². The zero-order valence-electron chi connectivity index (χ0n) is 13.9. The van der Waals surface area contributed by atoms with Gasteiger partial charge in [0.15, 0.2) is 11.6 Å². The first kappa shape index (κ1) is 19.9. The molecule has 0 unspecified atom stereocenters. The van der Waals surface area contributed by atoms with E-state index < -0.39 is 0 Å². The van der Waals surface area contributed by atoms with E-state index in [1.165, 1.54) is 0 Å². The molecule has 2 aliphatic rings. The van der Waals surface area contributed by atoms with Crippen molar-refractivity contribution < 1.29 is 26.7 Å². The van der Waals surface area contributed by atoms with Gasteiger partial charge in [0.25, 0.3) is 0 Å². The summed E-state index contributed by atoms with van der Waals surface area (Å²) in [6.45, 7) is 5.35. The molecule has 0 aromatic heterocycles. The fourth-order valence-corrected chi connectivity index (χ4v) is 2.38. The van der Waals surface area contributed by atoms with Crippen molar-refractivity contribution >= 4 is 11.6 Å². The molecule has 0 aromatic carbocycles. The molecule has 0 heterocycles. The molecule has 0 spiro atoms. The smallest absolute Gasteiger partial charge is 0.187 e. The van der Waals surface area contributed by atoms with Crippen LogP contribution in [-0.2, 0) is 26.7 Å². The van der Waals surface area contributed by atoms with Gasteiger partial charge in [0.05, 0.1) is 0 Å². The summed E-state index contributed by atoms with van der Waals surface area (Å²) in [4.78, 5) is 23.4. The van der Waals surface area contributed by atoms with E-state index in [2.05, 4.69) is 10.6 Å². The van der Waals surface area contributed by atoms with Crippen LogP contribution in [-0.4, -0.2) is 24.7 Å². The standard InChI is InChI=1S/C19H22N2O2.Cu/c1-14(16-8-3-5-10-18(16)22)20-12-7-13-21-15(2)17-9-4-6-11-19(17)23;/h3-6,8-11,20-21H,7,12-13H2,1-2H3;/b16-14-,17-15-;/i;1+3. The normalized spacial score (nSPS) is 19.9. The van der Waals surface area contributed by atoms with E-state index in [0.29, 0.717) is 11.1 Å². The molecule has 0 aliphatic heterocycles. The maximum Gasteiger partial charge on any atom is 0.187 e. The van der Waals surface area contributed by atoms with E-state index in [1.54, 1.807) is 24.3 Å². The van der Waals surface area contributed by atoms with Gasteiger partial charge in [0.2, 0.25) is 0 Å². The molecule has 2 aliphatic carbocycles. The van der Waals surface area contributed by atoms with Gasteiger partial charge in [-0.1, -0.05) is 24.3 Å². The van der Waals surface area contributed by atoms with Crippen molar-refractivity contribution in [2.45, 2.75) is 20.3 Å². The van der Waals surface area contributed by atoms with E-state index in [4.69, 9.17) is 0 Å². The number of nitrogens with one attached hydrogen (secondary N) is 2. The Hall–Kier alpha value is -2.10. The minimum absolute atomic E-state index is 0. The third kappa shape index (κ3) is 5.52. The average molecular weight is 377 g/mol. The van der Waals surface area contributed by atoms with Gasteiger partial charge in [-0.15, -0.1) is 0 Å². The van der Waals surface area contributed by atoms with E-state index in [0.717, 1.165) is 30.9 Å². The summed E-state index contributed by atoms with van der Waals surface area (Å²) in [6, 6.07) is 0. The van der Waals surface area contributed by atoms with Crippen LogP contribution in [0.3, 0.4) is 0 Å². The van der Waals surface area contributed by atoms with Gasteiger partial charge in [-0.05, 0) is 44.6 Å². The molecule has 1 radical (unpaired) electrons. The summed E-state index contributed by atoms with van der Waals surface area (Å²) >= 11 is 0. The fraction of sp³-hybridized carbons (Fsp3) is 0.263. The zero-order chi connectivity index (χ0) is 16.7. The van der Waals surface area contributed by atoms with E-state index in [9.17, 15) is 9.59 Å². The first-order chi connectivity index (χ1) is 11.1. The topological polar surface area (TPSA) is 58.2 Å². The van der Waals surface area contributed by atoms with Gasteiger partial charge in [-0.25, -0.2) is 0 Å². The number of ketones is 2. The summed E-state index contributed by atoms with van der Waals surface area (Å²) in [6.07, 6.45) is 14.9. The quantitative estimate of drug-likeness (QED) is 0.424. The number of allylic oxidation sites excluding steroid dienone is 12. The van der Waals surface area contributed by atoms with Crippen molar-refractivity contribution in [2.75, 3.05) is 13.1 Å². The molecule has 0 saturated heterocycles. The maximum absolute atomic E-state index is 11.7. The van der Waals surface area contributed by atoms with Crippen molar-refractivity contribution in [2.24, 2.45) is 0 Å². The van der Waals surface area contributed by atoms with Gasteiger partial charge < -0.3 is 10.6 Å². The van der Waals surface area contributed by atoms with Gasteiger partial charge in [-0.3, -0.25) is 9.59 Å². The molecule has 2 rings (SSSR count). The molecule has 5 heteroatoms. The molecule has 4 nitrogen and oxygen atoms in total.